The van der Waals surface area contributed by atoms with E-state index in [-0.39, 0.29) is 11.9 Å². The number of fused-ring (bicyclic) bond motifs is 1. The van der Waals surface area contributed by atoms with Gasteiger partial charge in [-0.25, -0.2) is 0 Å². The molecule has 0 fully saturated rings. The monoisotopic (exact) mass is 284 g/mol. The minimum Gasteiger partial charge on any atom is -0.373 e. The zero-order valence-corrected chi connectivity index (χ0v) is 12.6. The van der Waals surface area contributed by atoms with Crippen molar-refractivity contribution >= 4 is 11.6 Å². The number of para-hydroxylation sites is 1. The first-order chi connectivity index (χ1) is 10.1. The third kappa shape index (κ3) is 2.51. The first kappa shape index (κ1) is 13.7. The second kappa shape index (κ2) is 5.24. The lowest BCUT2D eigenvalue weighted by Gasteiger charge is -2.12. The van der Waals surface area contributed by atoms with Crippen LogP contribution in [0.3, 0.4) is 0 Å². The number of nitrogens with one attached hydrogen (secondary N) is 2. The molecule has 0 radical (unpaired) electrons. The molecule has 0 aliphatic carbocycles. The molecule has 0 unspecified atom stereocenters. The Morgan fingerprint density at radius 2 is 2.19 bits per heavy atom. The van der Waals surface area contributed by atoms with Crippen molar-refractivity contribution in [1.82, 2.24) is 15.1 Å². The molecule has 1 aromatic carbocycles. The van der Waals surface area contributed by atoms with Gasteiger partial charge in [0, 0.05) is 37.0 Å². The van der Waals surface area contributed by atoms with Crippen molar-refractivity contribution in [2.24, 2.45) is 7.05 Å². The Labute approximate surface area is 124 Å². The van der Waals surface area contributed by atoms with E-state index in [2.05, 4.69) is 21.8 Å². The molecule has 110 valence electrons. The molecule has 0 spiro atoms. The fourth-order valence-electron chi connectivity index (χ4n) is 2.83. The van der Waals surface area contributed by atoms with Gasteiger partial charge in [0.2, 0.25) is 5.91 Å². The molecule has 0 saturated heterocycles. The van der Waals surface area contributed by atoms with E-state index >= 15 is 0 Å². The molecule has 1 aliphatic heterocycles. The van der Waals surface area contributed by atoms with Crippen molar-refractivity contribution in [3.63, 3.8) is 0 Å². The lowest BCUT2D eigenvalue weighted by Crippen LogP contribution is -2.38. The average molecular weight is 284 g/mol. The highest BCUT2D eigenvalue weighted by Gasteiger charge is 2.26. The van der Waals surface area contributed by atoms with E-state index < -0.39 is 0 Å². The molecule has 2 aromatic rings. The number of carbonyl (C=O) groups excluding carboxylic acids is 1. The number of hydrogen-bond donors (Lipinski definition) is 2. The van der Waals surface area contributed by atoms with Crippen LogP contribution in [0.5, 0.6) is 0 Å². The normalized spacial score (nSPS) is 16.4. The average Bonchev–Trinajstić information content (AvgIpc) is 2.99. The van der Waals surface area contributed by atoms with Crippen LogP contribution >= 0.6 is 0 Å². The van der Waals surface area contributed by atoms with Gasteiger partial charge in [-0.15, -0.1) is 0 Å². The summed E-state index contributed by atoms with van der Waals surface area (Å²) >= 11 is 0. The van der Waals surface area contributed by atoms with Crippen molar-refractivity contribution in [2.75, 3.05) is 5.32 Å². The summed E-state index contributed by atoms with van der Waals surface area (Å²) in [5.41, 5.74) is 5.42. The highest BCUT2D eigenvalue weighted by molar-refractivity contribution is 5.87. The number of rotatable bonds is 3. The molecule has 5 nitrogen and oxygen atoms in total. The van der Waals surface area contributed by atoms with Gasteiger partial charge in [-0.1, -0.05) is 18.2 Å². The Kier molecular flexibility index (Phi) is 3.41. The number of aryl methyl sites for hydroxylation is 2. The fraction of sp³-hybridized carbons (Fsp3) is 0.375. The van der Waals surface area contributed by atoms with E-state index in [1.165, 1.54) is 5.56 Å². The van der Waals surface area contributed by atoms with Crippen molar-refractivity contribution in [3.05, 3.63) is 46.8 Å². The summed E-state index contributed by atoms with van der Waals surface area (Å²) < 4.78 is 1.85. The zero-order chi connectivity index (χ0) is 15.0. The van der Waals surface area contributed by atoms with E-state index in [4.69, 9.17) is 0 Å². The van der Waals surface area contributed by atoms with Crippen LogP contribution in [0, 0.1) is 13.8 Å². The minimum absolute atomic E-state index is 0.0360. The van der Waals surface area contributed by atoms with Crippen LogP contribution in [0.15, 0.2) is 24.3 Å². The van der Waals surface area contributed by atoms with Gasteiger partial charge in [0.25, 0.3) is 0 Å². The predicted molar refractivity (Wildman–Crippen MR) is 82.1 cm³/mol. The van der Waals surface area contributed by atoms with Crippen LogP contribution in [-0.4, -0.2) is 21.7 Å². The summed E-state index contributed by atoms with van der Waals surface area (Å²) in [5, 5.41) is 10.7. The first-order valence-corrected chi connectivity index (χ1v) is 7.17. The van der Waals surface area contributed by atoms with Crippen LogP contribution in [0.4, 0.5) is 5.69 Å². The van der Waals surface area contributed by atoms with Crippen molar-refractivity contribution in [3.8, 4) is 0 Å². The molecule has 0 saturated carbocycles. The lowest BCUT2D eigenvalue weighted by molar-refractivity contribution is -0.121. The Morgan fingerprint density at radius 1 is 1.43 bits per heavy atom. The number of benzene rings is 1. The largest absolute Gasteiger partial charge is 0.373 e. The summed E-state index contributed by atoms with van der Waals surface area (Å²) in [6.45, 7) is 4.52. The zero-order valence-electron chi connectivity index (χ0n) is 12.6. The quantitative estimate of drug-likeness (QED) is 0.901. The molecule has 1 amide bonds. The van der Waals surface area contributed by atoms with E-state index in [0.717, 1.165) is 29.1 Å². The molecule has 1 aliphatic rings. The lowest BCUT2D eigenvalue weighted by atomic mass is 10.1. The van der Waals surface area contributed by atoms with E-state index in [9.17, 15) is 4.79 Å². The molecular weight excluding hydrogens is 264 g/mol. The molecule has 1 atom stereocenters. The second-order valence-electron chi connectivity index (χ2n) is 5.55. The fourth-order valence-corrected chi connectivity index (χ4v) is 2.83. The molecular formula is C16H20N4O. The molecule has 2 heterocycles. The third-order valence-electron chi connectivity index (χ3n) is 4.19. The topological polar surface area (TPSA) is 59.0 Å². The SMILES string of the molecule is Cc1nn(C)c(C)c1CNC(=O)[C@@H]1Cc2ccccc2N1. The summed E-state index contributed by atoms with van der Waals surface area (Å²) in [5.74, 6) is 0.0360. The van der Waals surface area contributed by atoms with Gasteiger partial charge in [-0.2, -0.15) is 5.10 Å². The number of anilines is 1. The number of nitrogens with zero attached hydrogens (tertiary/aromatic N) is 2. The second-order valence-corrected chi connectivity index (χ2v) is 5.55. The van der Waals surface area contributed by atoms with Crippen molar-refractivity contribution in [1.29, 1.82) is 0 Å². The van der Waals surface area contributed by atoms with Gasteiger partial charge in [0.15, 0.2) is 0 Å². The number of amides is 1. The van der Waals surface area contributed by atoms with Crippen molar-refractivity contribution in [2.45, 2.75) is 32.9 Å². The maximum Gasteiger partial charge on any atom is 0.243 e. The van der Waals surface area contributed by atoms with E-state index in [1.54, 1.807) is 0 Å². The predicted octanol–water partition coefficient (Wildman–Crippen LogP) is 1.69. The number of carbonyl (C=O) groups is 1. The smallest absolute Gasteiger partial charge is 0.243 e. The summed E-state index contributed by atoms with van der Waals surface area (Å²) in [6, 6.07) is 7.88. The van der Waals surface area contributed by atoms with Gasteiger partial charge in [0.05, 0.1) is 5.69 Å². The van der Waals surface area contributed by atoms with Crippen LogP contribution in [0.1, 0.15) is 22.5 Å². The van der Waals surface area contributed by atoms with Gasteiger partial charge in [-0.05, 0) is 25.5 Å². The standard InChI is InChI=1S/C16H20N4O/c1-10-13(11(2)20(3)19-10)9-17-16(21)15-8-12-6-4-5-7-14(12)18-15/h4-7,15,18H,8-9H2,1-3H3,(H,17,21)/t15-/m0/s1. The Hall–Kier alpha value is -2.30. The summed E-state index contributed by atoms with van der Waals surface area (Å²) in [6.07, 6.45) is 0.743. The first-order valence-electron chi connectivity index (χ1n) is 7.17. The maximum absolute atomic E-state index is 12.3. The van der Waals surface area contributed by atoms with Gasteiger partial charge in [0.1, 0.15) is 6.04 Å². The number of aromatic nitrogens is 2. The van der Waals surface area contributed by atoms with E-state index in [1.807, 2.05) is 43.8 Å². The molecule has 1 aromatic heterocycles. The van der Waals surface area contributed by atoms with Gasteiger partial charge in [-0.3, -0.25) is 9.48 Å². The molecule has 21 heavy (non-hydrogen) atoms. The highest BCUT2D eigenvalue weighted by atomic mass is 16.2. The van der Waals surface area contributed by atoms with Crippen LogP contribution in [0.25, 0.3) is 0 Å². The van der Waals surface area contributed by atoms with Gasteiger partial charge < -0.3 is 10.6 Å². The maximum atomic E-state index is 12.3. The third-order valence-corrected chi connectivity index (χ3v) is 4.19. The molecule has 3 rings (SSSR count). The summed E-state index contributed by atoms with van der Waals surface area (Å²) in [4.78, 5) is 12.3. The van der Waals surface area contributed by atoms with Crippen LogP contribution in [-0.2, 0) is 24.8 Å². The minimum atomic E-state index is -0.181. The van der Waals surface area contributed by atoms with Crippen molar-refractivity contribution < 1.29 is 4.79 Å². The number of hydrogen-bond acceptors (Lipinski definition) is 3. The molecule has 5 heteroatoms. The Balaban J connectivity index is 1.63. The Bertz CT molecular complexity index is 665. The molecule has 2 N–H and O–H groups in total. The molecule has 0 bridgehead atoms. The van der Waals surface area contributed by atoms with E-state index in [0.29, 0.717) is 6.54 Å². The van der Waals surface area contributed by atoms with Crippen LogP contribution < -0.4 is 10.6 Å². The highest BCUT2D eigenvalue weighted by Crippen LogP contribution is 2.25. The summed E-state index contributed by atoms with van der Waals surface area (Å²) in [7, 11) is 1.92. The Morgan fingerprint density at radius 3 is 2.86 bits per heavy atom. The van der Waals surface area contributed by atoms with Gasteiger partial charge >= 0.3 is 0 Å². The van der Waals surface area contributed by atoms with Crippen LogP contribution in [0.2, 0.25) is 0 Å².